The van der Waals surface area contributed by atoms with E-state index in [4.69, 9.17) is 10.5 Å². The molecule has 1 saturated carbocycles. The fourth-order valence-electron chi connectivity index (χ4n) is 2.50. The molecule has 3 atom stereocenters. The molecule has 2 bridgehead atoms. The summed E-state index contributed by atoms with van der Waals surface area (Å²) in [7, 11) is -3.50. The summed E-state index contributed by atoms with van der Waals surface area (Å²) in [6, 6.07) is 5.50. The zero-order valence-corrected chi connectivity index (χ0v) is 13.9. The lowest BCUT2D eigenvalue weighted by molar-refractivity contribution is -0.0730. The number of carbonyl (C=O) groups is 1. The van der Waals surface area contributed by atoms with Crippen LogP contribution in [0.5, 0.6) is 0 Å². The van der Waals surface area contributed by atoms with Crippen LogP contribution in [-0.2, 0) is 14.6 Å². The van der Waals surface area contributed by atoms with Crippen LogP contribution in [0.4, 0.5) is 0 Å². The van der Waals surface area contributed by atoms with Crippen molar-refractivity contribution in [3.8, 4) is 0 Å². The highest BCUT2D eigenvalue weighted by atomic mass is 35.5. The Morgan fingerprint density at radius 2 is 2.05 bits per heavy atom. The van der Waals surface area contributed by atoms with Gasteiger partial charge in [-0.3, -0.25) is 4.79 Å². The molecule has 1 aromatic rings. The first-order chi connectivity index (χ1) is 9.83. The second-order valence-electron chi connectivity index (χ2n) is 5.35. The Morgan fingerprint density at radius 1 is 1.41 bits per heavy atom. The smallest absolute Gasteiger partial charge is 0.248 e. The topological polar surface area (TPSA) is 86.5 Å². The molecule has 3 aliphatic rings. The fourth-order valence-corrected chi connectivity index (χ4v) is 3.25. The number of sulfone groups is 1. The van der Waals surface area contributed by atoms with Gasteiger partial charge in [0.15, 0.2) is 9.84 Å². The average molecular weight is 346 g/mol. The quantitative estimate of drug-likeness (QED) is 0.910. The lowest BCUT2D eigenvalue weighted by Gasteiger charge is -2.24. The minimum absolute atomic E-state index is 0. The molecule has 122 valence electrons. The van der Waals surface area contributed by atoms with E-state index in [2.05, 4.69) is 13.5 Å². The van der Waals surface area contributed by atoms with Gasteiger partial charge in [-0.25, -0.2) is 8.42 Å². The normalized spacial score (nSPS) is 25.0. The van der Waals surface area contributed by atoms with E-state index in [1.807, 2.05) is 0 Å². The number of rotatable bonds is 3. The molecule has 2 aliphatic heterocycles. The van der Waals surface area contributed by atoms with Crippen molar-refractivity contribution in [2.45, 2.75) is 36.9 Å². The monoisotopic (exact) mass is 345 g/mol. The molecular formula is C15H20ClNO4S. The van der Waals surface area contributed by atoms with Crippen molar-refractivity contribution in [3.05, 3.63) is 41.8 Å². The number of halogens is 1. The Kier molecular flexibility index (Phi) is 6.17. The number of hydrogen-bond donors (Lipinski definition) is 1. The second kappa shape index (κ2) is 7.26. The first kappa shape index (κ1) is 18.7. The molecule has 1 amide bonds. The van der Waals surface area contributed by atoms with Gasteiger partial charge in [0.1, 0.15) is 0 Å². The molecule has 3 unspecified atom stereocenters. The van der Waals surface area contributed by atoms with Crippen LogP contribution < -0.4 is 5.73 Å². The van der Waals surface area contributed by atoms with Crippen LogP contribution in [0.1, 0.15) is 30.1 Å². The van der Waals surface area contributed by atoms with Gasteiger partial charge in [-0.05, 0) is 30.5 Å². The molecule has 4 rings (SSSR count). The minimum Gasteiger partial charge on any atom is -0.374 e. The van der Waals surface area contributed by atoms with Crippen molar-refractivity contribution in [1.82, 2.24) is 0 Å². The maximum atomic E-state index is 11.3. The van der Waals surface area contributed by atoms with Gasteiger partial charge in [0.05, 0.1) is 17.1 Å². The molecular weight excluding hydrogens is 326 g/mol. The summed E-state index contributed by atoms with van der Waals surface area (Å²) < 4.78 is 28.0. The van der Waals surface area contributed by atoms with E-state index in [1.165, 1.54) is 37.1 Å². The molecule has 1 aromatic carbocycles. The van der Waals surface area contributed by atoms with Crippen LogP contribution in [-0.4, -0.2) is 26.5 Å². The zero-order chi connectivity index (χ0) is 15.6. The van der Waals surface area contributed by atoms with Crippen molar-refractivity contribution >= 4 is 28.2 Å². The standard InChI is InChI=1S/C9H9NO3S.C6H10O.ClH/c1-2-14(12,13)8-5-3-4-7(6-8)9(10)11;1-4-2-5-3-6(4)7-5;/h2-6H,1H2,(H2,10,11);4-6H,2-3H2,1H3;1H. The van der Waals surface area contributed by atoms with Crippen LogP contribution >= 0.6 is 12.4 Å². The first-order valence-electron chi connectivity index (χ1n) is 6.76. The molecule has 22 heavy (non-hydrogen) atoms. The summed E-state index contributed by atoms with van der Waals surface area (Å²) in [5.74, 6) is 0.205. The SMILES string of the molecule is C=CS(=O)(=O)c1cccc(C(N)=O)c1.CC1CC2CC1O2.Cl. The predicted molar refractivity (Wildman–Crippen MR) is 86.6 cm³/mol. The van der Waals surface area contributed by atoms with E-state index in [1.54, 1.807) is 0 Å². The van der Waals surface area contributed by atoms with E-state index in [-0.39, 0.29) is 22.9 Å². The number of fused-ring (bicyclic) bond motifs is 1. The van der Waals surface area contributed by atoms with Crippen LogP contribution in [0.3, 0.4) is 0 Å². The van der Waals surface area contributed by atoms with E-state index in [9.17, 15) is 13.2 Å². The Labute approximate surface area is 136 Å². The zero-order valence-electron chi connectivity index (χ0n) is 12.3. The van der Waals surface area contributed by atoms with Crippen molar-refractivity contribution in [2.75, 3.05) is 0 Å². The maximum absolute atomic E-state index is 11.3. The Bertz CT molecular complexity index is 653. The van der Waals surface area contributed by atoms with Gasteiger partial charge < -0.3 is 10.5 Å². The molecule has 0 aromatic heterocycles. The molecule has 1 aliphatic carbocycles. The summed E-state index contributed by atoms with van der Waals surface area (Å²) in [6.07, 6.45) is 4.00. The Balaban J connectivity index is 0.000000251. The van der Waals surface area contributed by atoms with Gasteiger partial charge >= 0.3 is 0 Å². The molecule has 0 spiro atoms. The molecule has 5 nitrogen and oxygen atoms in total. The summed E-state index contributed by atoms with van der Waals surface area (Å²) in [5.41, 5.74) is 5.17. The third-order valence-corrected chi connectivity index (χ3v) is 5.15. The van der Waals surface area contributed by atoms with Crippen molar-refractivity contribution in [1.29, 1.82) is 0 Å². The van der Waals surface area contributed by atoms with Gasteiger partial charge in [-0.2, -0.15) is 0 Å². The number of amides is 1. The van der Waals surface area contributed by atoms with Gasteiger partial charge in [-0.15, -0.1) is 12.4 Å². The van der Waals surface area contributed by atoms with Crippen LogP contribution in [0.15, 0.2) is 41.1 Å². The molecule has 3 fully saturated rings. The molecule has 7 heteroatoms. The Morgan fingerprint density at radius 3 is 2.41 bits per heavy atom. The third kappa shape index (κ3) is 4.09. The highest BCUT2D eigenvalue weighted by Gasteiger charge is 2.42. The summed E-state index contributed by atoms with van der Waals surface area (Å²) in [4.78, 5) is 10.8. The van der Waals surface area contributed by atoms with Gasteiger partial charge in [0.2, 0.25) is 5.91 Å². The van der Waals surface area contributed by atoms with Crippen molar-refractivity contribution < 1.29 is 17.9 Å². The van der Waals surface area contributed by atoms with Gasteiger partial charge in [-0.1, -0.05) is 19.6 Å². The van der Waals surface area contributed by atoms with Crippen LogP contribution in [0.2, 0.25) is 0 Å². The predicted octanol–water partition coefficient (Wildman–Crippen LogP) is 2.31. The highest BCUT2D eigenvalue weighted by Crippen LogP contribution is 2.40. The number of primary amides is 1. The Hall–Kier alpha value is -1.37. The summed E-state index contributed by atoms with van der Waals surface area (Å²) >= 11 is 0. The number of hydrogen-bond acceptors (Lipinski definition) is 4. The second-order valence-corrected chi connectivity index (χ2v) is 7.24. The third-order valence-electron chi connectivity index (χ3n) is 3.80. The number of benzene rings is 1. The lowest BCUT2D eigenvalue weighted by Crippen LogP contribution is -2.27. The van der Waals surface area contributed by atoms with Crippen molar-refractivity contribution in [2.24, 2.45) is 11.7 Å². The molecule has 2 saturated heterocycles. The number of carbonyl (C=O) groups excluding carboxylic acids is 1. The largest absolute Gasteiger partial charge is 0.374 e. The van der Waals surface area contributed by atoms with Crippen LogP contribution in [0.25, 0.3) is 0 Å². The lowest BCUT2D eigenvalue weighted by atomic mass is 10.1. The van der Waals surface area contributed by atoms with E-state index in [0.717, 1.165) is 11.3 Å². The van der Waals surface area contributed by atoms with E-state index >= 15 is 0 Å². The van der Waals surface area contributed by atoms with Crippen LogP contribution in [0, 0.1) is 5.92 Å². The van der Waals surface area contributed by atoms with Crippen molar-refractivity contribution in [3.63, 3.8) is 0 Å². The highest BCUT2D eigenvalue weighted by molar-refractivity contribution is 7.94. The van der Waals surface area contributed by atoms with Gasteiger partial charge in [0, 0.05) is 17.4 Å². The average Bonchev–Trinajstić information content (AvgIpc) is 2.96. The minimum atomic E-state index is -3.50. The van der Waals surface area contributed by atoms with E-state index in [0.29, 0.717) is 12.2 Å². The first-order valence-corrected chi connectivity index (χ1v) is 8.31. The summed E-state index contributed by atoms with van der Waals surface area (Å²) in [5, 5.41) is 0.826. The number of ether oxygens (including phenoxy) is 1. The van der Waals surface area contributed by atoms with Gasteiger partial charge in [0.25, 0.3) is 0 Å². The maximum Gasteiger partial charge on any atom is 0.248 e. The summed E-state index contributed by atoms with van der Waals surface area (Å²) in [6.45, 7) is 5.45. The number of nitrogens with two attached hydrogens (primary N) is 1. The van der Waals surface area contributed by atoms with E-state index < -0.39 is 15.7 Å². The fraction of sp³-hybridized carbons (Fsp3) is 0.400. The molecule has 2 heterocycles. The molecule has 0 radical (unpaired) electrons. The molecule has 2 N–H and O–H groups in total.